The zero-order valence-corrected chi connectivity index (χ0v) is 69.8. The van der Waals surface area contributed by atoms with Crippen LogP contribution in [0.4, 0.5) is 0 Å². The number of rotatable bonds is 0. The predicted octanol–water partition coefficient (Wildman–Crippen LogP) is 32.3. The Morgan fingerprint density at radius 2 is 0.422 bits per heavy atom. The lowest BCUT2D eigenvalue weighted by Crippen LogP contribution is -1.92. The number of furan rings is 2. The van der Waals surface area contributed by atoms with Gasteiger partial charge in [0, 0.05) is 111 Å². The summed E-state index contributed by atoms with van der Waals surface area (Å²) >= 11 is 3.74. The van der Waals surface area contributed by atoms with E-state index in [1.807, 2.05) is 53.0 Å². The van der Waals surface area contributed by atoms with Crippen molar-refractivity contribution in [1.29, 1.82) is 0 Å². The van der Waals surface area contributed by atoms with Crippen molar-refractivity contribution < 1.29 is 8.83 Å². The summed E-state index contributed by atoms with van der Waals surface area (Å²) in [4.78, 5) is 20.3. The fourth-order valence-electron chi connectivity index (χ4n) is 21.0. The molecular weight excluding hydrogens is 1600 g/mol. The lowest BCUT2D eigenvalue weighted by atomic mass is 9.99. The van der Waals surface area contributed by atoms with E-state index in [-0.39, 0.29) is 0 Å². The molecule has 20 aromatic carbocycles. The number of imidazole rings is 4. The molecule has 0 spiro atoms. The summed E-state index contributed by atoms with van der Waals surface area (Å²) in [5, 5.41) is 34.4. The van der Waals surface area contributed by atoms with Crippen LogP contribution in [-0.4, -0.2) is 37.5 Å². The molecule has 0 fully saturated rings. The Balaban J connectivity index is 0.0000000845. The second-order valence-electron chi connectivity index (χ2n) is 33.9. The minimum absolute atomic E-state index is 0.901. The predicted molar refractivity (Wildman–Crippen MR) is 541 cm³/mol. The average Bonchev–Trinajstić information content (AvgIpc) is 1.51. The topological polar surface area (TPSA) is 95.5 Å². The van der Waals surface area contributed by atoms with Crippen LogP contribution in [0.3, 0.4) is 0 Å². The van der Waals surface area contributed by atoms with Gasteiger partial charge in [-0.25, -0.2) is 19.9 Å². The molecule has 0 saturated heterocycles. The van der Waals surface area contributed by atoms with Gasteiger partial charge in [0.2, 0.25) is 0 Å². The number of thiophene rings is 2. The fraction of sp³-hybridized carbons (Fsp3) is 0. The van der Waals surface area contributed by atoms with Gasteiger partial charge in [0.1, 0.15) is 44.9 Å². The van der Waals surface area contributed by atoms with Crippen LogP contribution in [-0.2, 0) is 0 Å². The van der Waals surface area contributed by atoms with Crippen molar-refractivity contribution >= 4 is 303 Å². The van der Waals surface area contributed by atoms with Gasteiger partial charge in [0.05, 0.1) is 66.2 Å². The Labute approximate surface area is 732 Å². The van der Waals surface area contributed by atoms with E-state index in [0.29, 0.717) is 0 Å². The molecule has 592 valence electrons. The summed E-state index contributed by atoms with van der Waals surface area (Å²) in [6, 6.07) is 139. The molecular formula is C116H64N8O2S2. The maximum atomic E-state index is 6.25. The lowest BCUT2D eigenvalue weighted by molar-refractivity contribution is 0.669. The molecule has 0 bridgehead atoms. The van der Waals surface area contributed by atoms with Crippen LogP contribution in [0.25, 0.3) is 281 Å². The van der Waals surface area contributed by atoms with Crippen molar-refractivity contribution in [3.8, 4) is 0 Å². The van der Waals surface area contributed by atoms with Gasteiger partial charge in [0.15, 0.2) is 0 Å². The first-order valence-corrected chi connectivity index (χ1v) is 44.9. The molecule has 0 aliphatic carbocycles. The number of benzene rings is 20. The van der Waals surface area contributed by atoms with Crippen LogP contribution < -0.4 is 0 Å². The van der Waals surface area contributed by atoms with Crippen LogP contribution in [0.15, 0.2) is 397 Å². The summed E-state index contributed by atoms with van der Waals surface area (Å²) in [6.45, 7) is 0. The van der Waals surface area contributed by atoms with Gasteiger partial charge in [-0.05, 0) is 228 Å². The third-order valence-electron chi connectivity index (χ3n) is 26.9. The van der Waals surface area contributed by atoms with E-state index in [2.05, 4.69) is 376 Å². The van der Waals surface area contributed by atoms with Crippen molar-refractivity contribution in [3.63, 3.8) is 0 Å². The Morgan fingerprint density at radius 3 is 0.820 bits per heavy atom. The molecule has 0 unspecified atom stereocenters. The minimum atomic E-state index is 0.901. The van der Waals surface area contributed by atoms with Crippen molar-refractivity contribution in [1.82, 2.24) is 37.5 Å². The summed E-state index contributed by atoms with van der Waals surface area (Å²) in [5.74, 6) is 0. The highest BCUT2D eigenvalue weighted by atomic mass is 32.1. The number of fused-ring (bicyclic) bond motifs is 48. The molecule has 128 heavy (non-hydrogen) atoms. The van der Waals surface area contributed by atoms with Gasteiger partial charge in [-0.15, -0.1) is 22.7 Å². The summed E-state index contributed by atoms with van der Waals surface area (Å²) in [6.07, 6.45) is 0. The van der Waals surface area contributed by atoms with E-state index in [1.165, 1.54) is 154 Å². The van der Waals surface area contributed by atoms with Crippen molar-refractivity contribution in [2.75, 3.05) is 0 Å². The van der Waals surface area contributed by atoms with Gasteiger partial charge in [-0.3, -0.25) is 17.6 Å². The first-order valence-electron chi connectivity index (χ1n) is 43.3. The maximum absolute atomic E-state index is 6.25. The van der Waals surface area contributed by atoms with Gasteiger partial charge in [-0.2, -0.15) is 0 Å². The molecule has 32 aromatic rings. The van der Waals surface area contributed by atoms with Crippen molar-refractivity contribution in [2.24, 2.45) is 0 Å². The van der Waals surface area contributed by atoms with Crippen molar-refractivity contribution in [3.05, 3.63) is 388 Å². The largest absolute Gasteiger partial charge is 0.456 e. The monoisotopic (exact) mass is 1660 g/mol. The SMILES string of the molecule is c1ccc2cc3c(cc2c1)c1cc2c(cc1n1c4ccccc4nc31)oc1ccccc12.c1ccc2cc3c(cc2c1)c1cc2c(cc1n1c4ccccc4nc31)sc1ccccc12.c1ccc2cc3c(cc2c1)c1cc2oc4ccccc4c2cc1n1c2ccccc2nc31.c1ccc2cc3c(cc2c1)c1cc2sc4ccccc4c2cc1n1c2ccccc2nc31. The van der Waals surface area contributed by atoms with E-state index in [4.69, 9.17) is 28.8 Å². The first kappa shape index (κ1) is 69.8. The van der Waals surface area contributed by atoms with Crippen LogP contribution in [0, 0.1) is 0 Å². The molecule has 12 aromatic heterocycles. The summed E-state index contributed by atoms with van der Waals surface area (Å²) < 4.78 is 27.1. The Hall–Kier alpha value is -16.6. The van der Waals surface area contributed by atoms with Crippen LogP contribution in [0.1, 0.15) is 0 Å². The lowest BCUT2D eigenvalue weighted by Gasteiger charge is -2.11. The zero-order valence-electron chi connectivity index (χ0n) is 68.2. The Morgan fingerprint density at radius 1 is 0.156 bits per heavy atom. The third kappa shape index (κ3) is 10.2. The molecule has 0 radical (unpaired) electrons. The first-order chi connectivity index (χ1) is 63.4. The van der Waals surface area contributed by atoms with E-state index >= 15 is 0 Å². The molecule has 0 aliphatic heterocycles. The normalized spacial score (nSPS) is 12.4. The van der Waals surface area contributed by atoms with Crippen LogP contribution in [0.5, 0.6) is 0 Å². The average molecular weight is 1670 g/mol. The maximum Gasteiger partial charge on any atom is 0.146 e. The molecule has 32 rings (SSSR count). The molecule has 12 heteroatoms. The molecule has 0 N–H and O–H groups in total. The highest BCUT2D eigenvalue weighted by Gasteiger charge is 2.24. The molecule has 0 amide bonds. The molecule has 0 saturated carbocycles. The van der Waals surface area contributed by atoms with Gasteiger partial charge in [-0.1, -0.05) is 218 Å². The zero-order chi connectivity index (χ0) is 83.2. The van der Waals surface area contributed by atoms with E-state index in [9.17, 15) is 0 Å². The second kappa shape index (κ2) is 26.5. The van der Waals surface area contributed by atoms with Gasteiger partial charge < -0.3 is 8.83 Å². The summed E-state index contributed by atoms with van der Waals surface area (Å²) in [5.41, 5.74) is 21.0. The Kier molecular flexibility index (Phi) is 14.4. The third-order valence-corrected chi connectivity index (χ3v) is 29.1. The fourth-order valence-corrected chi connectivity index (χ4v) is 23.3. The quantitative estimate of drug-likeness (QED) is 0.111. The summed E-state index contributed by atoms with van der Waals surface area (Å²) in [7, 11) is 0. The second-order valence-corrected chi connectivity index (χ2v) is 36.0. The number of para-hydroxylation sites is 10. The molecule has 0 atom stereocenters. The minimum Gasteiger partial charge on any atom is -0.456 e. The van der Waals surface area contributed by atoms with E-state index in [1.54, 1.807) is 0 Å². The Bertz CT molecular complexity index is 9960. The van der Waals surface area contributed by atoms with Crippen LogP contribution in [0.2, 0.25) is 0 Å². The van der Waals surface area contributed by atoms with Gasteiger partial charge >= 0.3 is 0 Å². The number of hydrogen-bond acceptors (Lipinski definition) is 8. The molecule has 10 nitrogen and oxygen atoms in total. The number of aromatic nitrogens is 8. The highest BCUT2D eigenvalue weighted by molar-refractivity contribution is 7.26. The number of pyridine rings is 4. The molecule has 12 heterocycles. The highest BCUT2D eigenvalue weighted by Crippen LogP contribution is 2.47. The molecule has 0 aliphatic rings. The van der Waals surface area contributed by atoms with E-state index in [0.717, 1.165) is 127 Å². The van der Waals surface area contributed by atoms with Gasteiger partial charge in [0.25, 0.3) is 0 Å². The van der Waals surface area contributed by atoms with Crippen LogP contribution >= 0.6 is 22.7 Å². The standard InChI is InChI=1S/2C29H16N2O.2C29H16N2S/c1-2-8-18-14-23-20(13-17(18)7-1)21-16-28-22(19-9-3-6-12-27(19)32-28)15-26(21)31-25-11-5-4-10-24(25)30-29(23)31;1-2-8-18-14-23-20(13-17(18)7-1)21-15-22-19-9-3-6-12-27(19)32-28(22)16-26(21)31-25-11-5-4-10-24(25)30-29(23)31;1-2-8-18-14-23-20(13-17(18)7-1)21-16-28-22(19-9-3-6-12-27(19)32-28)15-26(21)31-25-11-5-4-10-24(25)30-29(23)31;1-2-8-18-14-23-20(13-17(18)7-1)21-15-22-19-9-3-6-12-27(19)32-28(22)16-26(21)31-25-11-5-4-10-24(25)30-29(23)31/h4*1-16H. The van der Waals surface area contributed by atoms with E-state index < -0.39 is 0 Å². The number of nitrogens with zero attached hydrogens (tertiary/aromatic N) is 8. The van der Waals surface area contributed by atoms with Crippen molar-refractivity contribution in [2.45, 2.75) is 0 Å². The number of hydrogen-bond donors (Lipinski definition) is 0. The smallest absolute Gasteiger partial charge is 0.146 e.